The lowest BCUT2D eigenvalue weighted by atomic mass is 10.1. The van der Waals surface area contributed by atoms with E-state index in [1.807, 2.05) is 19.1 Å². The number of carbonyl (C=O) groups excluding carboxylic acids is 2. The van der Waals surface area contributed by atoms with Crippen LogP contribution in [0.25, 0.3) is 11.4 Å². The topological polar surface area (TPSA) is 116 Å². The van der Waals surface area contributed by atoms with Gasteiger partial charge >= 0.3 is 0 Å². The Labute approximate surface area is 160 Å². The molecule has 0 aliphatic heterocycles. The van der Waals surface area contributed by atoms with Crippen molar-refractivity contribution in [1.29, 1.82) is 0 Å². The lowest BCUT2D eigenvalue weighted by Crippen LogP contribution is -2.30. The molecule has 1 atom stereocenters. The van der Waals surface area contributed by atoms with Crippen LogP contribution in [-0.4, -0.2) is 32.0 Å². The second kappa shape index (κ2) is 7.96. The number of hydrogen-bond acceptors (Lipinski definition) is 5. The van der Waals surface area contributed by atoms with Gasteiger partial charge in [-0.3, -0.25) is 9.59 Å². The Balaban J connectivity index is 1.62. The summed E-state index contributed by atoms with van der Waals surface area (Å²) in [5.41, 5.74) is 7.21. The molecule has 3 aromatic rings. The van der Waals surface area contributed by atoms with Crippen molar-refractivity contribution in [2.75, 3.05) is 0 Å². The zero-order valence-electron chi connectivity index (χ0n) is 14.5. The largest absolute Gasteiger partial charge is 0.366 e. The number of tetrazole rings is 1. The van der Waals surface area contributed by atoms with Crippen molar-refractivity contribution in [3.63, 3.8) is 0 Å². The highest BCUT2D eigenvalue weighted by molar-refractivity contribution is 6.30. The quantitative estimate of drug-likeness (QED) is 0.674. The molecule has 3 rings (SSSR count). The van der Waals surface area contributed by atoms with Gasteiger partial charge in [-0.05, 0) is 42.0 Å². The highest BCUT2D eigenvalue weighted by atomic mass is 35.5. The molecule has 0 unspecified atom stereocenters. The summed E-state index contributed by atoms with van der Waals surface area (Å²) in [5, 5.41) is 15.5. The normalized spacial score (nSPS) is 11.8. The number of carbonyl (C=O) groups is 2. The molecule has 138 valence electrons. The molecular formula is C18H17ClN6O2. The predicted octanol–water partition coefficient (Wildman–Crippen LogP) is 1.97. The number of amides is 2. The van der Waals surface area contributed by atoms with Crippen LogP contribution in [0.4, 0.5) is 0 Å². The van der Waals surface area contributed by atoms with E-state index in [2.05, 4.69) is 20.7 Å². The number of nitrogens with zero attached hydrogens (tertiary/aromatic N) is 4. The summed E-state index contributed by atoms with van der Waals surface area (Å²) >= 11 is 5.87. The lowest BCUT2D eigenvalue weighted by Gasteiger charge is -2.14. The van der Waals surface area contributed by atoms with E-state index in [-0.39, 0.29) is 18.5 Å². The molecule has 3 N–H and O–H groups in total. The number of rotatable bonds is 6. The summed E-state index contributed by atoms with van der Waals surface area (Å²) in [7, 11) is 0. The summed E-state index contributed by atoms with van der Waals surface area (Å²) in [5.74, 6) is -0.403. The molecule has 0 fully saturated rings. The maximum absolute atomic E-state index is 12.2. The Morgan fingerprint density at radius 1 is 1.15 bits per heavy atom. The van der Waals surface area contributed by atoms with Crippen molar-refractivity contribution in [2.45, 2.75) is 19.5 Å². The number of nitrogens with one attached hydrogen (secondary N) is 1. The van der Waals surface area contributed by atoms with Gasteiger partial charge in [0.05, 0.1) is 6.04 Å². The number of aromatic nitrogens is 4. The summed E-state index contributed by atoms with van der Waals surface area (Å²) in [4.78, 5) is 24.5. The summed E-state index contributed by atoms with van der Waals surface area (Å²) in [6, 6.07) is 13.6. The number of primary amides is 1. The molecule has 2 amide bonds. The molecule has 0 spiro atoms. The van der Waals surface area contributed by atoms with E-state index in [0.29, 0.717) is 22.0 Å². The molecule has 1 aromatic heterocycles. The molecule has 0 radical (unpaired) electrons. The average molecular weight is 385 g/mol. The summed E-state index contributed by atoms with van der Waals surface area (Å²) in [6.45, 7) is 1.81. The van der Waals surface area contributed by atoms with Crippen molar-refractivity contribution in [3.8, 4) is 11.4 Å². The van der Waals surface area contributed by atoms with Gasteiger partial charge in [0.2, 0.25) is 17.6 Å². The Morgan fingerprint density at radius 2 is 1.81 bits per heavy atom. The fraction of sp³-hybridized carbons (Fsp3) is 0.167. The molecule has 8 nitrogen and oxygen atoms in total. The Hall–Kier alpha value is -3.26. The van der Waals surface area contributed by atoms with Crippen LogP contribution in [0.5, 0.6) is 0 Å². The molecule has 2 aromatic carbocycles. The summed E-state index contributed by atoms with van der Waals surface area (Å²) in [6.07, 6.45) is 0. The fourth-order valence-corrected chi connectivity index (χ4v) is 2.59. The SMILES string of the molecule is C[C@H](NC(=O)Cn1nnc(-c2ccc(C(N)=O)cc2)n1)c1ccc(Cl)cc1. The van der Waals surface area contributed by atoms with Crippen LogP contribution in [0.2, 0.25) is 5.02 Å². The van der Waals surface area contributed by atoms with Gasteiger partial charge < -0.3 is 11.1 Å². The first-order chi connectivity index (χ1) is 12.9. The minimum absolute atomic E-state index is 0.0652. The van der Waals surface area contributed by atoms with Crippen molar-refractivity contribution in [3.05, 3.63) is 64.7 Å². The predicted molar refractivity (Wildman–Crippen MR) is 99.8 cm³/mol. The molecule has 0 aliphatic carbocycles. The van der Waals surface area contributed by atoms with Crippen molar-refractivity contribution < 1.29 is 9.59 Å². The van der Waals surface area contributed by atoms with Crippen LogP contribution < -0.4 is 11.1 Å². The fourth-order valence-electron chi connectivity index (χ4n) is 2.46. The number of benzene rings is 2. The molecule has 0 bridgehead atoms. The zero-order valence-corrected chi connectivity index (χ0v) is 15.2. The monoisotopic (exact) mass is 384 g/mol. The Kier molecular flexibility index (Phi) is 5.46. The average Bonchev–Trinajstić information content (AvgIpc) is 3.10. The van der Waals surface area contributed by atoms with Crippen molar-refractivity contribution in [2.24, 2.45) is 5.73 Å². The summed E-state index contributed by atoms with van der Waals surface area (Å²) < 4.78 is 0. The minimum Gasteiger partial charge on any atom is -0.366 e. The van der Waals surface area contributed by atoms with Crippen LogP contribution in [0, 0.1) is 0 Å². The molecule has 27 heavy (non-hydrogen) atoms. The maximum atomic E-state index is 12.2. The van der Waals surface area contributed by atoms with E-state index in [1.54, 1.807) is 36.4 Å². The van der Waals surface area contributed by atoms with Crippen LogP contribution in [0.1, 0.15) is 28.9 Å². The number of hydrogen-bond donors (Lipinski definition) is 2. The van der Waals surface area contributed by atoms with E-state index in [9.17, 15) is 9.59 Å². The third-order valence-corrected chi connectivity index (χ3v) is 4.16. The molecular weight excluding hydrogens is 368 g/mol. The van der Waals surface area contributed by atoms with E-state index in [1.165, 1.54) is 4.80 Å². The number of nitrogens with two attached hydrogens (primary N) is 1. The van der Waals surface area contributed by atoms with Gasteiger partial charge in [-0.25, -0.2) is 0 Å². The van der Waals surface area contributed by atoms with E-state index in [0.717, 1.165) is 5.56 Å². The Bertz CT molecular complexity index is 953. The minimum atomic E-state index is -0.510. The smallest absolute Gasteiger partial charge is 0.248 e. The highest BCUT2D eigenvalue weighted by Gasteiger charge is 2.13. The first-order valence-electron chi connectivity index (χ1n) is 8.15. The van der Waals surface area contributed by atoms with E-state index in [4.69, 9.17) is 17.3 Å². The standard InChI is InChI=1S/C18H17ClN6O2/c1-11(12-6-8-15(19)9-7-12)21-16(26)10-25-23-18(22-24-25)14-4-2-13(3-5-14)17(20)27/h2-9,11H,10H2,1H3,(H2,20,27)(H,21,26)/t11-/m0/s1. The third kappa shape index (κ3) is 4.68. The van der Waals surface area contributed by atoms with Gasteiger partial charge in [0.1, 0.15) is 6.54 Å². The van der Waals surface area contributed by atoms with Crippen molar-refractivity contribution >= 4 is 23.4 Å². The van der Waals surface area contributed by atoms with Gasteiger partial charge in [-0.2, -0.15) is 4.80 Å². The molecule has 0 saturated heterocycles. The van der Waals surface area contributed by atoms with Crippen LogP contribution in [0.3, 0.4) is 0 Å². The molecule has 0 saturated carbocycles. The van der Waals surface area contributed by atoms with Crippen LogP contribution >= 0.6 is 11.6 Å². The van der Waals surface area contributed by atoms with E-state index >= 15 is 0 Å². The molecule has 9 heteroatoms. The number of halogens is 1. The first kappa shape index (κ1) is 18.5. The van der Waals surface area contributed by atoms with Crippen LogP contribution in [0.15, 0.2) is 48.5 Å². The van der Waals surface area contributed by atoms with Gasteiger partial charge in [0.25, 0.3) is 0 Å². The van der Waals surface area contributed by atoms with Gasteiger partial charge in [0, 0.05) is 16.1 Å². The van der Waals surface area contributed by atoms with Gasteiger partial charge in [0.15, 0.2) is 0 Å². The second-order valence-electron chi connectivity index (χ2n) is 5.93. The Morgan fingerprint density at radius 3 is 2.44 bits per heavy atom. The molecule has 0 aliphatic rings. The van der Waals surface area contributed by atoms with Crippen LogP contribution in [-0.2, 0) is 11.3 Å². The lowest BCUT2D eigenvalue weighted by molar-refractivity contribution is -0.122. The maximum Gasteiger partial charge on any atom is 0.248 e. The van der Waals surface area contributed by atoms with E-state index < -0.39 is 5.91 Å². The van der Waals surface area contributed by atoms with Gasteiger partial charge in [-0.1, -0.05) is 35.9 Å². The molecule has 1 heterocycles. The second-order valence-corrected chi connectivity index (χ2v) is 6.36. The first-order valence-corrected chi connectivity index (χ1v) is 8.53. The third-order valence-electron chi connectivity index (χ3n) is 3.91. The highest BCUT2D eigenvalue weighted by Crippen LogP contribution is 2.16. The zero-order chi connectivity index (χ0) is 19.4. The van der Waals surface area contributed by atoms with Crippen molar-refractivity contribution in [1.82, 2.24) is 25.5 Å². The van der Waals surface area contributed by atoms with Gasteiger partial charge in [-0.15, -0.1) is 10.2 Å².